The highest BCUT2D eigenvalue weighted by Gasteiger charge is 2.44. The summed E-state index contributed by atoms with van der Waals surface area (Å²) >= 11 is 0. The Morgan fingerprint density at radius 3 is 1.69 bits per heavy atom. The molecule has 590 valence electrons. The summed E-state index contributed by atoms with van der Waals surface area (Å²) in [5, 5.41) is 43.2. The molecule has 30 heteroatoms. The van der Waals surface area contributed by atoms with Crippen molar-refractivity contribution in [1.29, 1.82) is 0 Å². The van der Waals surface area contributed by atoms with Gasteiger partial charge < -0.3 is 84.3 Å². The Labute approximate surface area is 620 Å². The number of nitrogens with two attached hydrogens (primary N) is 1. The fourth-order valence-electron chi connectivity index (χ4n) is 12.1. The molecule has 0 aliphatic carbocycles. The third-order valence-corrected chi connectivity index (χ3v) is 19.3. The van der Waals surface area contributed by atoms with E-state index in [1.807, 2.05) is 13.8 Å². The number of hydrogen-bond donors (Lipinski definition) is 14. The van der Waals surface area contributed by atoms with Crippen molar-refractivity contribution in [1.82, 2.24) is 68.7 Å². The highest BCUT2D eigenvalue weighted by molar-refractivity contribution is 6.03. The van der Waals surface area contributed by atoms with E-state index in [0.717, 1.165) is 6.42 Å². The van der Waals surface area contributed by atoms with Crippen LogP contribution in [-0.2, 0) is 78.3 Å². The quantitative estimate of drug-likeness (QED) is 0.0353. The first kappa shape index (κ1) is 90.7. The number of likely N-dealkylation sites (tertiary alicyclic amines) is 1. The molecule has 2 heterocycles. The van der Waals surface area contributed by atoms with E-state index >= 15 is 9.59 Å². The van der Waals surface area contributed by atoms with E-state index in [1.165, 1.54) is 31.7 Å². The number of carbonyl (C=O) groups excluding carboxylic acids is 14. The van der Waals surface area contributed by atoms with Gasteiger partial charge in [-0.1, -0.05) is 166 Å². The molecule has 30 nitrogen and oxygen atoms in total. The molecule has 2 aliphatic rings. The number of nitrogens with zero attached hydrogens (tertiary/aromatic N) is 1. The summed E-state index contributed by atoms with van der Waals surface area (Å²) < 4.78 is 5.96. The van der Waals surface area contributed by atoms with Gasteiger partial charge in [0.2, 0.25) is 70.9 Å². The standard InChI is InChI=1S/C75H124N14O16/c1-20-44(16)59(71(100)88-62-47(19)105-75(104)58(43(14)15)84-63(92)49(22-3)77-65(94)51(37-48-30-24-23-25-31-48)79-67(96)55(40(8)9)81-70(99)60(45(17)21-2)86-73(62)102)85-64(93)50(32-27-35-76)78-66(95)52-33-28-36-89(52)74(103)57(42(12)13)83-69(98)56(41(10)11)82-72(101)61(46(18)90)87-68(97)54(39(6)7)80-53(91)34-26-29-38(4)5/h22-25,30-31,38-47,50-52,54-62,90H,20-21,26-29,32-37,76H2,1-19H3,(H,77,94)(H,78,95)(H,79,96)(H,80,91)(H,81,99)(H,82,101)(H,83,98)(H,84,92)(H,85,93)(H,86,102)(H,87,97)(H,88,100)/b49-22+/t44?,45?,46?,47?,50-,51-,52-,54+,55+,56-,57+,58-,59+,60-,61-,62?/m0/s1. The molecule has 0 bridgehead atoms. The molecule has 0 spiro atoms. The first-order valence-electron chi connectivity index (χ1n) is 37.5. The number of cyclic esters (lactones) is 1. The number of benzene rings is 1. The van der Waals surface area contributed by atoms with Crippen molar-refractivity contribution < 1.29 is 77.0 Å². The normalized spacial score (nSPS) is 22.6. The number of rotatable bonds is 33. The number of allylic oxidation sites excluding steroid dienone is 1. The van der Waals surface area contributed by atoms with Crippen molar-refractivity contribution >= 4 is 82.8 Å². The summed E-state index contributed by atoms with van der Waals surface area (Å²) in [6, 6.07) is -7.67. The first-order chi connectivity index (χ1) is 49.2. The first-order valence-corrected chi connectivity index (χ1v) is 37.5. The third kappa shape index (κ3) is 27.7. The number of aliphatic hydroxyl groups excluding tert-OH is 1. The second-order valence-electron chi connectivity index (χ2n) is 30.2. The number of nitrogens with one attached hydrogen (secondary N) is 12. The van der Waals surface area contributed by atoms with Gasteiger partial charge in [-0.25, -0.2) is 4.79 Å². The Kier molecular flexibility index (Phi) is 37.8. The number of amides is 13. The van der Waals surface area contributed by atoms with Crippen LogP contribution in [0.25, 0.3) is 0 Å². The molecule has 15 N–H and O–H groups in total. The van der Waals surface area contributed by atoms with Crippen LogP contribution < -0.4 is 69.5 Å². The molecule has 3 rings (SSSR count). The monoisotopic (exact) mass is 1480 g/mol. The van der Waals surface area contributed by atoms with Crippen molar-refractivity contribution in [2.75, 3.05) is 13.1 Å². The van der Waals surface area contributed by atoms with E-state index < -0.39 is 203 Å². The summed E-state index contributed by atoms with van der Waals surface area (Å²) in [5.74, 6) is -15.1. The lowest BCUT2D eigenvalue weighted by molar-refractivity contribution is -0.157. The molecule has 13 amide bonds. The molecule has 0 radical (unpaired) electrons. The minimum Gasteiger partial charge on any atom is -0.458 e. The Bertz CT molecular complexity index is 3160. The van der Waals surface area contributed by atoms with E-state index in [9.17, 15) is 62.6 Å². The number of carbonyl (C=O) groups is 14. The van der Waals surface area contributed by atoms with E-state index in [-0.39, 0.29) is 63.2 Å². The maximum Gasteiger partial charge on any atom is 0.329 e. The topological polar surface area (TPSA) is 442 Å². The van der Waals surface area contributed by atoms with Crippen LogP contribution in [0.4, 0.5) is 0 Å². The Morgan fingerprint density at radius 2 is 1.15 bits per heavy atom. The van der Waals surface area contributed by atoms with Crippen molar-refractivity contribution in [3.05, 3.63) is 47.7 Å². The molecule has 1 aromatic carbocycles. The SMILES string of the molecule is C/C=C1/NC(=O)[C@H](Cc2ccccc2)NC(=O)[C@@H](C(C)C)NC(=O)[C@H](C(C)CC)NC(=O)C(NC(=O)[C@H](NC(=O)[C@H](CCCN)NC(=O)[C@@H]2CCCN2C(=O)[C@H](NC(=O)[C@@H](NC(=O)[C@@H](NC(=O)[C@H](NC(=O)CCCC(C)C)C(C)C)C(C)O)C(C)C)C(C)C)C(C)CC)C(C)OC(=O)[C@H](C(C)C)NC1=O. The van der Waals surface area contributed by atoms with Gasteiger partial charge in [-0.2, -0.15) is 0 Å². The zero-order valence-electron chi connectivity index (χ0n) is 65.2. The summed E-state index contributed by atoms with van der Waals surface area (Å²) in [4.78, 5) is 202. The van der Waals surface area contributed by atoms with Crippen molar-refractivity contribution in [3.63, 3.8) is 0 Å². The number of hydrogen-bond acceptors (Lipinski definition) is 17. The second-order valence-corrected chi connectivity index (χ2v) is 30.2. The van der Waals surface area contributed by atoms with E-state index in [2.05, 4.69) is 63.8 Å². The molecular weight excluding hydrogens is 1350 g/mol. The Balaban J connectivity index is 2.00. The van der Waals surface area contributed by atoms with Crippen molar-refractivity contribution in [2.45, 2.75) is 280 Å². The van der Waals surface area contributed by atoms with Gasteiger partial charge in [-0.05, 0) is 112 Å². The van der Waals surface area contributed by atoms with Crippen molar-refractivity contribution in [2.24, 2.45) is 53.1 Å². The Morgan fingerprint density at radius 1 is 0.610 bits per heavy atom. The smallest absolute Gasteiger partial charge is 0.329 e. The molecule has 2 aliphatic heterocycles. The maximum atomic E-state index is 15.0. The Hall–Kier alpha value is -8.54. The minimum absolute atomic E-state index is 0.0355. The zero-order chi connectivity index (χ0) is 79.4. The van der Waals surface area contributed by atoms with Crippen LogP contribution in [0.1, 0.15) is 195 Å². The van der Waals surface area contributed by atoms with Crippen molar-refractivity contribution in [3.8, 4) is 0 Å². The van der Waals surface area contributed by atoms with E-state index in [4.69, 9.17) is 10.5 Å². The maximum absolute atomic E-state index is 15.0. The summed E-state index contributed by atoms with van der Waals surface area (Å²) in [6.07, 6.45) is 1.02. The summed E-state index contributed by atoms with van der Waals surface area (Å²) in [7, 11) is 0. The van der Waals surface area contributed by atoms with Crippen LogP contribution in [0.5, 0.6) is 0 Å². The lowest BCUT2D eigenvalue weighted by Crippen LogP contribution is -2.64. The third-order valence-electron chi connectivity index (χ3n) is 19.3. The average Bonchev–Trinajstić information content (AvgIpc) is 1.79. The van der Waals surface area contributed by atoms with Gasteiger partial charge in [0, 0.05) is 19.4 Å². The molecule has 1 aromatic rings. The molecule has 0 saturated carbocycles. The molecule has 2 fully saturated rings. The predicted molar refractivity (Wildman–Crippen MR) is 395 cm³/mol. The van der Waals surface area contributed by atoms with Crippen LogP contribution in [0, 0.1) is 47.3 Å². The molecule has 5 unspecified atom stereocenters. The lowest BCUT2D eigenvalue weighted by Gasteiger charge is -2.33. The molecule has 16 atom stereocenters. The van der Waals surface area contributed by atoms with Gasteiger partial charge in [0.05, 0.1) is 6.10 Å². The second kappa shape index (κ2) is 43.8. The number of ether oxygens (including phenoxy) is 1. The van der Waals surface area contributed by atoms with Gasteiger partial charge in [0.25, 0.3) is 5.91 Å². The minimum atomic E-state index is -1.83. The molecule has 0 aromatic heterocycles. The summed E-state index contributed by atoms with van der Waals surface area (Å²) in [5.41, 5.74) is 6.34. The number of esters is 1. The van der Waals surface area contributed by atoms with Gasteiger partial charge in [0.1, 0.15) is 84.3 Å². The molecule has 105 heavy (non-hydrogen) atoms. The highest BCUT2D eigenvalue weighted by Crippen LogP contribution is 2.23. The predicted octanol–water partition coefficient (Wildman–Crippen LogP) is 1.84. The van der Waals surface area contributed by atoms with Crippen LogP contribution in [0.3, 0.4) is 0 Å². The largest absolute Gasteiger partial charge is 0.458 e. The number of aliphatic hydroxyl groups is 1. The summed E-state index contributed by atoms with van der Waals surface area (Å²) in [6.45, 7) is 31.8. The molecule has 2 saturated heterocycles. The van der Waals surface area contributed by atoms with Gasteiger partial charge in [0.15, 0.2) is 0 Å². The van der Waals surface area contributed by atoms with Gasteiger partial charge in [-0.15, -0.1) is 0 Å². The molecular formula is C75H124N14O16. The van der Waals surface area contributed by atoms with E-state index in [0.29, 0.717) is 30.7 Å². The van der Waals surface area contributed by atoms with Crippen LogP contribution in [0.15, 0.2) is 42.1 Å². The lowest BCUT2D eigenvalue weighted by atomic mass is 9.95. The fraction of sp³-hybridized carbons (Fsp3) is 0.707. The zero-order valence-corrected chi connectivity index (χ0v) is 65.2. The van der Waals surface area contributed by atoms with Gasteiger partial charge >= 0.3 is 5.97 Å². The van der Waals surface area contributed by atoms with Gasteiger partial charge in [-0.3, -0.25) is 62.3 Å². The average molecular weight is 1480 g/mol. The van der Waals surface area contributed by atoms with Crippen LogP contribution >= 0.6 is 0 Å². The fourth-order valence-corrected chi connectivity index (χ4v) is 12.1. The van der Waals surface area contributed by atoms with Crippen LogP contribution in [-0.4, -0.2) is 191 Å². The van der Waals surface area contributed by atoms with Crippen LogP contribution in [0.2, 0.25) is 0 Å². The van der Waals surface area contributed by atoms with E-state index in [1.54, 1.807) is 127 Å². The highest BCUT2D eigenvalue weighted by atomic mass is 16.5.